The third-order valence-corrected chi connectivity index (χ3v) is 9.42. The summed E-state index contributed by atoms with van der Waals surface area (Å²) < 4.78 is 5.91. The Labute approximate surface area is 196 Å². The van der Waals surface area contributed by atoms with Crippen molar-refractivity contribution in [3.63, 3.8) is 0 Å². The van der Waals surface area contributed by atoms with Crippen molar-refractivity contribution in [3.05, 3.63) is 34.8 Å². The molecule has 1 saturated carbocycles. The molecule has 8 heteroatoms. The molecule has 6 atom stereocenters. The van der Waals surface area contributed by atoms with Crippen LogP contribution in [0.25, 0.3) is 0 Å². The summed E-state index contributed by atoms with van der Waals surface area (Å²) >= 11 is 3.21. The topological polar surface area (TPSA) is 80.3 Å². The monoisotopic (exact) mass is 471 g/mol. The lowest BCUT2D eigenvalue weighted by Crippen LogP contribution is -2.50. The summed E-state index contributed by atoms with van der Waals surface area (Å²) in [6.45, 7) is 6.55. The summed E-state index contributed by atoms with van der Waals surface area (Å²) in [5.41, 5.74) is 1.89. The van der Waals surface area contributed by atoms with Gasteiger partial charge in [-0.15, -0.1) is 23.1 Å². The minimum absolute atomic E-state index is 0.0147. The first-order valence-electron chi connectivity index (χ1n) is 11.2. The standard InChI is InChI=1S/C24H29N3O3S2/c1-12-16-8-9-24(3)11-17-19(13(2)18(24)20(16)30-21(12)28)26-23(32-17)27-22(29)25-14-6-5-7-15(10-14)31-4/h5-7,10,12-13,16,18,20H,8-9,11H2,1-4H3,(H2,25,26,27,29)/t12-,13-,16-,18+,20-,24-/m0/s1. The number of hydrogen-bond donors (Lipinski definition) is 2. The Bertz CT molecular complexity index is 1070. The zero-order valence-corrected chi connectivity index (χ0v) is 20.4. The Morgan fingerprint density at radius 2 is 2.09 bits per heavy atom. The molecule has 1 aromatic carbocycles. The van der Waals surface area contributed by atoms with Gasteiger partial charge in [0.15, 0.2) is 5.13 Å². The molecule has 0 unspecified atom stereocenters. The second-order valence-corrected chi connectivity index (χ2v) is 11.6. The lowest BCUT2D eigenvalue weighted by Gasteiger charge is -2.51. The first-order valence-corrected chi connectivity index (χ1v) is 13.3. The van der Waals surface area contributed by atoms with E-state index < -0.39 is 0 Å². The average molecular weight is 472 g/mol. The third kappa shape index (κ3) is 3.61. The maximum atomic E-state index is 12.6. The van der Waals surface area contributed by atoms with Crippen LogP contribution in [-0.2, 0) is 16.0 Å². The van der Waals surface area contributed by atoms with Gasteiger partial charge in [0.25, 0.3) is 0 Å². The fraction of sp³-hybridized carbons (Fsp3) is 0.542. The van der Waals surface area contributed by atoms with Gasteiger partial charge >= 0.3 is 12.0 Å². The van der Waals surface area contributed by atoms with Crippen LogP contribution in [0, 0.1) is 23.2 Å². The van der Waals surface area contributed by atoms with E-state index in [0.29, 0.717) is 11.0 Å². The molecule has 6 nitrogen and oxygen atoms in total. The molecule has 2 aromatic rings. The van der Waals surface area contributed by atoms with Crippen LogP contribution in [0.1, 0.15) is 50.1 Å². The molecular weight excluding hydrogens is 442 g/mol. The number of thioether (sulfide) groups is 1. The van der Waals surface area contributed by atoms with Crippen LogP contribution < -0.4 is 10.6 Å². The second-order valence-electron chi connectivity index (χ2n) is 9.68. The van der Waals surface area contributed by atoms with Crippen LogP contribution in [-0.4, -0.2) is 29.3 Å². The van der Waals surface area contributed by atoms with Crippen molar-refractivity contribution in [2.75, 3.05) is 16.9 Å². The van der Waals surface area contributed by atoms with Gasteiger partial charge in [-0.3, -0.25) is 10.1 Å². The van der Waals surface area contributed by atoms with Crippen LogP contribution in [0.15, 0.2) is 29.2 Å². The normalized spacial score (nSPS) is 33.0. The lowest BCUT2D eigenvalue weighted by molar-refractivity contribution is -0.149. The number of anilines is 2. The van der Waals surface area contributed by atoms with Crippen molar-refractivity contribution < 1.29 is 14.3 Å². The van der Waals surface area contributed by atoms with Crippen LogP contribution in [0.4, 0.5) is 15.6 Å². The molecule has 3 aliphatic rings. The molecule has 1 saturated heterocycles. The van der Waals surface area contributed by atoms with E-state index in [0.717, 1.165) is 35.5 Å². The highest BCUT2D eigenvalue weighted by Crippen LogP contribution is 2.59. The minimum Gasteiger partial charge on any atom is -0.461 e. The Hall–Kier alpha value is -2.06. The number of fused-ring (bicyclic) bond motifs is 4. The maximum Gasteiger partial charge on any atom is 0.325 e. The maximum absolute atomic E-state index is 12.6. The number of nitrogens with zero attached hydrogens (tertiary/aromatic N) is 1. The van der Waals surface area contributed by atoms with Crippen molar-refractivity contribution >= 4 is 45.9 Å². The number of carbonyl (C=O) groups is 2. The number of nitrogens with one attached hydrogen (secondary N) is 2. The molecule has 0 spiro atoms. The summed E-state index contributed by atoms with van der Waals surface area (Å²) in [4.78, 5) is 32.0. The zero-order chi connectivity index (χ0) is 22.6. The number of esters is 1. The predicted octanol–water partition coefficient (Wildman–Crippen LogP) is 5.76. The second kappa shape index (κ2) is 8.06. The Kier molecular flexibility index (Phi) is 5.48. The summed E-state index contributed by atoms with van der Waals surface area (Å²) in [6.07, 6.45) is 5.03. The highest BCUT2D eigenvalue weighted by atomic mass is 32.2. The molecule has 170 valence electrons. The van der Waals surface area contributed by atoms with E-state index in [1.165, 1.54) is 4.88 Å². The SMILES string of the molecule is CSc1cccc(NC(=O)Nc2nc3c(s2)C[C@]2(C)CC[C@@H]4[C@H](OC(=O)[C@H]4C)[C@H]2[C@@H]3C)c1. The Morgan fingerprint density at radius 1 is 1.28 bits per heavy atom. The van der Waals surface area contributed by atoms with Crippen molar-refractivity contribution in [1.82, 2.24) is 4.98 Å². The van der Waals surface area contributed by atoms with E-state index >= 15 is 0 Å². The van der Waals surface area contributed by atoms with E-state index in [2.05, 4.69) is 24.5 Å². The van der Waals surface area contributed by atoms with Gasteiger partial charge in [-0.05, 0) is 49.1 Å². The van der Waals surface area contributed by atoms with E-state index in [9.17, 15) is 9.59 Å². The van der Waals surface area contributed by atoms with Crippen LogP contribution in [0.2, 0.25) is 0 Å². The number of rotatable bonds is 3. The highest BCUT2D eigenvalue weighted by molar-refractivity contribution is 7.98. The van der Waals surface area contributed by atoms with Gasteiger partial charge in [0, 0.05) is 33.2 Å². The van der Waals surface area contributed by atoms with Gasteiger partial charge in [0.1, 0.15) is 6.10 Å². The third-order valence-electron chi connectivity index (χ3n) is 7.71. The number of carbonyl (C=O) groups excluding carboxylic acids is 2. The highest BCUT2D eigenvalue weighted by Gasteiger charge is 2.58. The minimum atomic E-state index is -0.288. The molecular formula is C24H29N3O3S2. The Morgan fingerprint density at radius 3 is 2.88 bits per heavy atom. The number of hydrogen-bond acceptors (Lipinski definition) is 6. The number of ether oxygens (including phenoxy) is 1. The number of urea groups is 1. The molecule has 32 heavy (non-hydrogen) atoms. The molecule has 0 radical (unpaired) electrons. The van der Waals surface area contributed by atoms with Gasteiger partial charge < -0.3 is 10.1 Å². The molecule has 2 fully saturated rings. The van der Waals surface area contributed by atoms with Crippen LogP contribution in [0.3, 0.4) is 0 Å². The van der Waals surface area contributed by atoms with Gasteiger partial charge in [0.2, 0.25) is 0 Å². The summed E-state index contributed by atoms with van der Waals surface area (Å²) in [7, 11) is 0. The molecule has 1 aliphatic heterocycles. The van der Waals surface area contributed by atoms with Crippen molar-refractivity contribution in [3.8, 4) is 0 Å². The average Bonchev–Trinajstić information content (AvgIpc) is 3.27. The van der Waals surface area contributed by atoms with Crippen LogP contribution in [0.5, 0.6) is 0 Å². The largest absolute Gasteiger partial charge is 0.461 e. The predicted molar refractivity (Wildman–Crippen MR) is 128 cm³/mol. The smallest absolute Gasteiger partial charge is 0.325 e. The molecule has 5 rings (SSSR count). The molecule has 2 amide bonds. The fourth-order valence-corrected chi connectivity index (χ4v) is 7.81. The fourth-order valence-electron chi connectivity index (χ4n) is 6.09. The zero-order valence-electron chi connectivity index (χ0n) is 18.8. The molecule has 2 aliphatic carbocycles. The number of amides is 2. The summed E-state index contributed by atoms with van der Waals surface area (Å²) in [5, 5.41) is 6.45. The summed E-state index contributed by atoms with van der Waals surface area (Å²) in [6, 6.07) is 7.48. The van der Waals surface area contributed by atoms with E-state index in [4.69, 9.17) is 9.72 Å². The van der Waals surface area contributed by atoms with E-state index in [1.807, 2.05) is 37.4 Å². The van der Waals surface area contributed by atoms with Gasteiger partial charge in [-0.1, -0.05) is 26.8 Å². The van der Waals surface area contributed by atoms with Gasteiger partial charge in [0.05, 0.1) is 11.6 Å². The Balaban J connectivity index is 1.35. The molecule has 0 bridgehead atoms. The quantitative estimate of drug-likeness (QED) is 0.439. The van der Waals surface area contributed by atoms with Crippen molar-refractivity contribution in [2.45, 2.75) is 57.0 Å². The first-order chi connectivity index (χ1) is 15.3. The first kappa shape index (κ1) is 21.8. The molecule has 2 N–H and O–H groups in total. The summed E-state index contributed by atoms with van der Waals surface area (Å²) in [5.74, 6) is 0.691. The number of thiazole rings is 1. The number of benzene rings is 1. The molecule has 2 heterocycles. The molecule has 1 aromatic heterocycles. The van der Waals surface area contributed by atoms with E-state index in [1.54, 1.807) is 23.1 Å². The van der Waals surface area contributed by atoms with Crippen LogP contribution >= 0.6 is 23.1 Å². The number of aromatic nitrogens is 1. The lowest BCUT2D eigenvalue weighted by atomic mass is 9.54. The van der Waals surface area contributed by atoms with Gasteiger partial charge in [-0.25, -0.2) is 9.78 Å². The van der Waals surface area contributed by atoms with Crippen molar-refractivity contribution in [2.24, 2.45) is 23.2 Å². The van der Waals surface area contributed by atoms with E-state index in [-0.39, 0.29) is 41.3 Å². The van der Waals surface area contributed by atoms with Gasteiger partial charge in [-0.2, -0.15) is 0 Å². The van der Waals surface area contributed by atoms with Crippen molar-refractivity contribution in [1.29, 1.82) is 0 Å².